The van der Waals surface area contributed by atoms with E-state index in [1.54, 1.807) is 25.6 Å². The highest BCUT2D eigenvalue weighted by Crippen LogP contribution is 2.10. The molecule has 96 valence electrons. The first-order valence-corrected chi connectivity index (χ1v) is 5.61. The first-order valence-electron chi connectivity index (χ1n) is 5.61. The van der Waals surface area contributed by atoms with Gasteiger partial charge in [0.25, 0.3) is 0 Å². The number of amides is 2. The van der Waals surface area contributed by atoms with Crippen molar-refractivity contribution in [2.45, 2.75) is 32.7 Å². The molecule has 1 heterocycles. The minimum atomic E-state index is -0.643. The first kappa shape index (κ1) is 13.5. The van der Waals surface area contributed by atoms with Gasteiger partial charge in [0, 0.05) is 13.1 Å². The third kappa shape index (κ3) is 3.74. The van der Waals surface area contributed by atoms with Gasteiger partial charge in [-0.05, 0) is 20.3 Å². The van der Waals surface area contributed by atoms with Gasteiger partial charge in [0.1, 0.15) is 5.82 Å². The highest BCUT2D eigenvalue weighted by atomic mass is 16.3. The Morgan fingerprint density at radius 1 is 1.59 bits per heavy atom. The molecular weight excluding hydrogens is 220 g/mol. The number of hydrogen-bond acceptors (Lipinski definition) is 3. The van der Waals surface area contributed by atoms with Gasteiger partial charge in [0.15, 0.2) is 0 Å². The molecule has 1 aromatic heterocycles. The fraction of sp³-hybridized carbons (Fsp3) is 0.636. The Kier molecular flexibility index (Phi) is 4.11. The van der Waals surface area contributed by atoms with Gasteiger partial charge in [-0.25, -0.2) is 4.79 Å². The van der Waals surface area contributed by atoms with Crippen molar-refractivity contribution in [3.8, 4) is 0 Å². The van der Waals surface area contributed by atoms with Crippen LogP contribution in [0.4, 0.5) is 10.6 Å². The summed E-state index contributed by atoms with van der Waals surface area (Å²) in [5.41, 5.74) is 0.278. The van der Waals surface area contributed by atoms with E-state index >= 15 is 0 Å². The lowest BCUT2D eigenvalue weighted by Gasteiger charge is -2.23. The Morgan fingerprint density at radius 2 is 2.24 bits per heavy atom. The summed E-state index contributed by atoms with van der Waals surface area (Å²) in [4.78, 5) is 11.7. The number of carbonyl (C=O) groups excluding carboxylic acids is 1. The van der Waals surface area contributed by atoms with Gasteiger partial charge in [0.2, 0.25) is 0 Å². The van der Waals surface area contributed by atoms with E-state index in [4.69, 9.17) is 5.11 Å². The van der Waals surface area contributed by atoms with Gasteiger partial charge in [-0.2, -0.15) is 5.10 Å². The number of urea groups is 1. The number of nitrogens with zero attached hydrogens (tertiary/aromatic N) is 2. The maximum atomic E-state index is 11.7. The topological polar surface area (TPSA) is 79.2 Å². The molecule has 6 heteroatoms. The van der Waals surface area contributed by atoms with Gasteiger partial charge in [-0.1, -0.05) is 6.92 Å². The average molecular weight is 240 g/mol. The van der Waals surface area contributed by atoms with Crippen molar-refractivity contribution in [1.29, 1.82) is 0 Å². The van der Waals surface area contributed by atoms with E-state index in [-0.39, 0.29) is 12.6 Å². The molecule has 1 aromatic rings. The third-order valence-corrected chi connectivity index (χ3v) is 2.38. The molecule has 0 aromatic carbocycles. The van der Waals surface area contributed by atoms with Crippen LogP contribution in [0.2, 0.25) is 0 Å². The maximum absolute atomic E-state index is 11.7. The molecular formula is C11H20N4O2. The molecule has 1 rings (SSSR count). The van der Waals surface area contributed by atoms with Crippen LogP contribution in [0.5, 0.6) is 0 Å². The molecule has 6 nitrogen and oxygen atoms in total. The lowest BCUT2D eigenvalue weighted by atomic mass is 10.1. The zero-order valence-corrected chi connectivity index (χ0v) is 10.7. The number of anilines is 1. The maximum Gasteiger partial charge on any atom is 0.320 e. The van der Waals surface area contributed by atoms with Gasteiger partial charge in [0.05, 0.1) is 17.8 Å². The summed E-state index contributed by atoms with van der Waals surface area (Å²) in [6.07, 6.45) is 0.819. The molecule has 2 amide bonds. The van der Waals surface area contributed by atoms with Crippen LogP contribution in [0.1, 0.15) is 26.5 Å². The number of aliphatic hydroxyl groups is 1. The molecule has 0 aliphatic carbocycles. The van der Waals surface area contributed by atoms with Crippen LogP contribution in [0, 0.1) is 0 Å². The normalized spacial score (nSPS) is 11.4. The summed E-state index contributed by atoms with van der Waals surface area (Å²) in [7, 11) is 1.77. The number of carbonyl (C=O) groups is 1. The predicted molar refractivity (Wildman–Crippen MR) is 65.9 cm³/mol. The zero-order valence-electron chi connectivity index (χ0n) is 10.7. The molecule has 0 radical (unpaired) electrons. The monoisotopic (exact) mass is 240 g/mol. The van der Waals surface area contributed by atoms with E-state index < -0.39 is 5.54 Å². The number of aryl methyl sites for hydroxylation is 2. The Bertz CT molecular complexity index is 398. The second-order valence-electron chi connectivity index (χ2n) is 4.62. The van der Waals surface area contributed by atoms with Crippen molar-refractivity contribution in [3.05, 3.63) is 11.8 Å². The third-order valence-electron chi connectivity index (χ3n) is 2.38. The largest absolute Gasteiger partial charge is 0.394 e. The number of nitrogens with one attached hydrogen (secondary N) is 2. The molecule has 17 heavy (non-hydrogen) atoms. The van der Waals surface area contributed by atoms with E-state index in [1.807, 2.05) is 13.0 Å². The molecule has 0 saturated carbocycles. The molecule has 0 spiro atoms. The number of rotatable bonds is 4. The van der Waals surface area contributed by atoms with E-state index in [0.29, 0.717) is 5.82 Å². The van der Waals surface area contributed by atoms with Crippen LogP contribution in [-0.4, -0.2) is 33.1 Å². The lowest BCUT2D eigenvalue weighted by molar-refractivity contribution is 0.187. The van der Waals surface area contributed by atoms with Crippen molar-refractivity contribution >= 4 is 11.8 Å². The molecule has 0 saturated heterocycles. The quantitative estimate of drug-likeness (QED) is 0.730. The second-order valence-corrected chi connectivity index (χ2v) is 4.62. The number of hydrogen-bond donors (Lipinski definition) is 3. The SMILES string of the molecule is CCc1cc(NC(=O)NC(C)(C)CO)n(C)n1. The van der Waals surface area contributed by atoms with E-state index in [0.717, 1.165) is 12.1 Å². The summed E-state index contributed by atoms with van der Waals surface area (Å²) in [5, 5.41) is 18.6. The van der Waals surface area contributed by atoms with E-state index in [2.05, 4.69) is 15.7 Å². The van der Waals surface area contributed by atoms with Crippen molar-refractivity contribution in [3.63, 3.8) is 0 Å². The van der Waals surface area contributed by atoms with Gasteiger partial charge < -0.3 is 10.4 Å². The first-order chi connectivity index (χ1) is 7.88. The summed E-state index contributed by atoms with van der Waals surface area (Å²) >= 11 is 0. The van der Waals surface area contributed by atoms with Crippen molar-refractivity contribution in [1.82, 2.24) is 15.1 Å². The predicted octanol–water partition coefficient (Wildman–Crippen LogP) is 0.875. The highest BCUT2D eigenvalue weighted by Gasteiger charge is 2.19. The number of aromatic nitrogens is 2. The second kappa shape index (κ2) is 5.18. The number of aliphatic hydroxyl groups excluding tert-OH is 1. The average Bonchev–Trinajstić information content (AvgIpc) is 2.59. The lowest BCUT2D eigenvalue weighted by Crippen LogP contribution is -2.48. The van der Waals surface area contributed by atoms with Crippen molar-refractivity contribution in [2.75, 3.05) is 11.9 Å². The zero-order chi connectivity index (χ0) is 13.1. The minimum absolute atomic E-state index is 0.119. The Balaban J connectivity index is 2.65. The molecule has 0 atom stereocenters. The molecule has 0 fully saturated rings. The summed E-state index contributed by atoms with van der Waals surface area (Å²) in [6.45, 7) is 5.37. The van der Waals surface area contributed by atoms with Crippen LogP contribution >= 0.6 is 0 Å². The van der Waals surface area contributed by atoms with Crippen LogP contribution in [0.15, 0.2) is 6.07 Å². The fourth-order valence-corrected chi connectivity index (χ4v) is 1.31. The van der Waals surface area contributed by atoms with E-state index in [1.165, 1.54) is 0 Å². The van der Waals surface area contributed by atoms with Crippen LogP contribution < -0.4 is 10.6 Å². The summed E-state index contributed by atoms with van der Waals surface area (Å²) < 4.78 is 1.62. The smallest absolute Gasteiger partial charge is 0.320 e. The highest BCUT2D eigenvalue weighted by molar-refractivity contribution is 5.88. The summed E-state index contributed by atoms with van der Waals surface area (Å²) in [6, 6.07) is 1.47. The Hall–Kier alpha value is -1.56. The molecule has 0 aliphatic rings. The molecule has 0 bridgehead atoms. The van der Waals surface area contributed by atoms with Crippen LogP contribution in [-0.2, 0) is 13.5 Å². The van der Waals surface area contributed by atoms with Gasteiger partial charge >= 0.3 is 6.03 Å². The minimum Gasteiger partial charge on any atom is -0.394 e. The molecule has 0 unspecified atom stereocenters. The van der Waals surface area contributed by atoms with Crippen LogP contribution in [0.3, 0.4) is 0 Å². The van der Waals surface area contributed by atoms with E-state index in [9.17, 15) is 4.79 Å². The molecule has 0 aliphatic heterocycles. The Morgan fingerprint density at radius 3 is 2.71 bits per heavy atom. The fourth-order valence-electron chi connectivity index (χ4n) is 1.31. The summed E-state index contributed by atoms with van der Waals surface area (Å²) in [5.74, 6) is 0.632. The van der Waals surface area contributed by atoms with Crippen molar-refractivity contribution < 1.29 is 9.90 Å². The van der Waals surface area contributed by atoms with Gasteiger partial charge in [-0.15, -0.1) is 0 Å². The van der Waals surface area contributed by atoms with Gasteiger partial charge in [-0.3, -0.25) is 10.00 Å². The van der Waals surface area contributed by atoms with Crippen molar-refractivity contribution in [2.24, 2.45) is 7.05 Å². The standard InChI is InChI=1S/C11H20N4O2/c1-5-8-6-9(15(4)14-8)12-10(17)13-11(2,3)7-16/h6,16H,5,7H2,1-4H3,(H2,12,13,17). The van der Waals surface area contributed by atoms with Crippen LogP contribution in [0.25, 0.3) is 0 Å². The Labute approximate surface area is 101 Å². The molecule has 3 N–H and O–H groups in total.